The Balaban J connectivity index is 1.78. The van der Waals surface area contributed by atoms with Crippen molar-refractivity contribution in [3.05, 3.63) is 109 Å². The molecule has 0 bridgehead atoms. The highest BCUT2D eigenvalue weighted by Crippen LogP contribution is 2.56. The second-order valence-electron chi connectivity index (χ2n) is 8.64. The number of nitrogens with one attached hydrogen (secondary N) is 1. The summed E-state index contributed by atoms with van der Waals surface area (Å²) in [5.74, 6) is 0. The molecule has 4 rings (SSSR count). The highest BCUT2D eigenvalue weighted by Gasteiger charge is 2.32. The van der Waals surface area contributed by atoms with Crippen LogP contribution in [-0.2, 0) is 19.7 Å². The van der Waals surface area contributed by atoms with E-state index in [1.807, 2.05) is 13.8 Å². The van der Waals surface area contributed by atoms with E-state index in [2.05, 4.69) is 0 Å². The Kier molecular flexibility index (Phi) is 8.44. The van der Waals surface area contributed by atoms with Crippen molar-refractivity contribution >= 4 is 38.6 Å². The maximum absolute atomic E-state index is 13.1. The SMILES string of the molecule is CCN(CC)P(=N)(O)N(c1ccc(S(=O)(=O)c2ccccc2)cc1)c1ccc(S(=O)(=O)c2ccccc2)cc1. The number of hydrogen-bond donors (Lipinski definition) is 2. The van der Waals surface area contributed by atoms with Gasteiger partial charge in [-0.3, -0.25) is 9.83 Å². The van der Waals surface area contributed by atoms with Gasteiger partial charge in [-0.15, -0.1) is 0 Å². The van der Waals surface area contributed by atoms with E-state index < -0.39 is 27.3 Å². The smallest absolute Gasteiger partial charge is 0.252 e. The van der Waals surface area contributed by atoms with Crippen LogP contribution in [0.2, 0.25) is 0 Å². The molecule has 0 spiro atoms. The van der Waals surface area contributed by atoms with Gasteiger partial charge in [0.2, 0.25) is 19.7 Å². The Labute approximate surface area is 230 Å². The van der Waals surface area contributed by atoms with Crippen LogP contribution in [0, 0.1) is 5.16 Å². The van der Waals surface area contributed by atoms with E-state index in [9.17, 15) is 21.7 Å². The minimum absolute atomic E-state index is 0.0800. The maximum Gasteiger partial charge on any atom is 0.252 e. The van der Waals surface area contributed by atoms with Gasteiger partial charge in [-0.2, -0.15) is 0 Å². The molecule has 0 heterocycles. The number of sulfone groups is 2. The van der Waals surface area contributed by atoms with E-state index in [-0.39, 0.29) is 19.6 Å². The summed E-state index contributed by atoms with van der Waals surface area (Å²) in [5, 5.41) is 9.02. The van der Waals surface area contributed by atoms with Crippen LogP contribution in [0.25, 0.3) is 0 Å². The molecule has 0 saturated carbocycles. The topological polar surface area (TPSA) is 119 Å². The van der Waals surface area contributed by atoms with Crippen molar-refractivity contribution < 1.29 is 21.7 Å². The number of rotatable bonds is 10. The van der Waals surface area contributed by atoms with Gasteiger partial charge in [0.05, 0.1) is 19.6 Å². The summed E-state index contributed by atoms with van der Waals surface area (Å²) in [6.07, 6.45) is 0. The largest absolute Gasteiger partial charge is 0.333 e. The highest BCUT2D eigenvalue weighted by molar-refractivity contribution is 7.91. The van der Waals surface area contributed by atoms with Crippen molar-refractivity contribution in [3.8, 4) is 0 Å². The number of benzene rings is 4. The first kappa shape index (κ1) is 28.7. The van der Waals surface area contributed by atoms with E-state index in [1.54, 1.807) is 65.3 Å². The van der Waals surface area contributed by atoms with Gasteiger partial charge in [0.15, 0.2) is 0 Å². The number of anilines is 2. The van der Waals surface area contributed by atoms with Crippen LogP contribution < -0.4 is 4.67 Å². The van der Waals surface area contributed by atoms with Crippen LogP contribution in [-0.4, -0.2) is 39.5 Å². The lowest BCUT2D eigenvalue weighted by atomic mass is 10.2. The number of hydrogen-bond acceptors (Lipinski definition) is 5. The van der Waals surface area contributed by atoms with Crippen LogP contribution in [0.3, 0.4) is 0 Å². The van der Waals surface area contributed by atoms with Crippen molar-refractivity contribution in [2.24, 2.45) is 0 Å². The highest BCUT2D eigenvalue weighted by atomic mass is 32.2. The third-order valence-electron chi connectivity index (χ3n) is 6.29. The Hall–Kier alpha value is -3.27. The molecule has 2 N–H and O–H groups in total. The van der Waals surface area contributed by atoms with Crippen molar-refractivity contribution in [2.45, 2.75) is 33.4 Å². The molecule has 0 aliphatic carbocycles. The van der Waals surface area contributed by atoms with Gasteiger partial charge in [-0.05, 0) is 72.8 Å². The Morgan fingerprint density at radius 3 is 1.21 bits per heavy atom. The molecule has 0 aliphatic rings. The minimum atomic E-state index is -3.75. The van der Waals surface area contributed by atoms with Crippen LogP contribution in [0.15, 0.2) is 129 Å². The normalized spacial score (nSPS) is 13.6. The third kappa shape index (κ3) is 5.71. The summed E-state index contributed by atoms with van der Waals surface area (Å²) in [6, 6.07) is 28.2. The van der Waals surface area contributed by atoms with Crippen LogP contribution >= 0.6 is 7.58 Å². The molecule has 11 heteroatoms. The molecule has 0 aromatic heterocycles. The van der Waals surface area contributed by atoms with Gasteiger partial charge >= 0.3 is 0 Å². The fourth-order valence-electron chi connectivity index (χ4n) is 4.22. The predicted molar refractivity (Wildman–Crippen MR) is 154 cm³/mol. The van der Waals surface area contributed by atoms with Crippen molar-refractivity contribution in [2.75, 3.05) is 17.8 Å². The van der Waals surface area contributed by atoms with E-state index >= 15 is 0 Å². The minimum Gasteiger partial charge on any atom is -0.333 e. The monoisotopic (exact) mass is 583 g/mol. The fraction of sp³-hybridized carbons (Fsp3) is 0.143. The number of nitrogens with zero attached hydrogens (tertiary/aromatic N) is 2. The maximum atomic E-state index is 13.1. The molecule has 0 fully saturated rings. The molecular weight excluding hydrogens is 553 g/mol. The average molecular weight is 584 g/mol. The molecule has 0 saturated heterocycles. The summed E-state index contributed by atoms with van der Waals surface area (Å²) in [6.45, 7) is 4.49. The summed E-state index contributed by atoms with van der Waals surface area (Å²) < 4.78 is 55.4. The lowest BCUT2D eigenvalue weighted by Gasteiger charge is -2.38. The molecule has 4 aromatic rings. The molecular formula is C28H30N3O5PS2. The quantitative estimate of drug-likeness (QED) is 0.209. The van der Waals surface area contributed by atoms with Gasteiger partial charge in [-0.1, -0.05) is 50.2 Å². The summed E-state index contributed by atoms with van der Waals surface area (Å²) in [5.41, 5.74) is 0.803. The summed E-state index contributed by atoms with van der Waals surface area (Å²) in [7, 11) is -11.2. The van der Waals surface area contributed by atoms with Crippen molar-refractivity contribution in [1.29, 1.82) is 5.16 Å². The lowest BCUT2D eigenvalue weighted by molar-refractivity contribution is 0.427. The molecule has 0 aliphatic heterocycles. The van der Waals surface area contributed by atoms with E-state index in [0.29, 0.717) is 24.5 Å². The predicted octanol–water partition coefficient (Wildman–Crippen LogP) is 6.35. The van der Waals surface area contributed by atoms with Crippen LogP contribution in [0.1, 0.15) is 13.8 Å². The molecule has 204 valence electrons. The molecule has 1 unspecified atom stereocenters. The van der Waals surface area contributed by atoms with E-state index in [1.165, 1.54) is 53.2 Å². The third-order valence-corrected chi connectivity index (χ3v) is 12.2. The zero-order chi connectivity index (χ0) is 28.3. The zero-order valence-electron chi connectivity index (χ0n) is 21.5. The summed E-state index contributed by atoms with van der Waals surface area (Å²) in [4.78, 5) is 12.0. The Morgan fingerprint density at radius 1 is 0.590 bits per heavy atom. The first-order valence-electron chi connectivity index (χ1n) is 12.3. The molecule has 1 atom stereocenters. The molecule has 0 radical (unpaired) electrons. The molecule has 4 aromatic carbocycles. The van der Waals surface area contributed by atoms with E-state index in [0.717, 1.165) is 0 Å². The summed E-state index contributed by atoms with van der Waals surface area (Å²) >= 11 is 0. The van der Waals surface area contributed by atoms with Gasteiger partial charge < -0.3 is 4.89 Å². The first-order valence-corrected chi connectivity index (χ1v) is 16.9. The fourth-order valence-corrected chi connectivity index (χ4v) is 8.74. The Bertz CT molecular complexity index is 1560. The second-order valence-corrected chi connectivity index (χ2v) is 14.6. The van der Waals surface area contributed by atoms with Gasteiger partial charge in [0.25, 0.3) is 7.58 Å². The van der Waals surface area contributed by atoms with Crippen molar-refractivity contribution in [1.82, 2.24) is 4.67 Å². The zero-order valence-corrected chi connectivity index (χ0v) is 24.1. The Morgan fingerprint density at radius 2 is 0.897 bits per heavy atom. The molecule has 8 nitrogen and oxygen atoms in total. The van der Waals surface area contributed by atoms with Crippen LogP contribution in [0.5, 0.6) is 0 Å². The average Bonchev–Trinajstić information content (AvgIpc) is 2.95. The van der Waals surface area contributed by atoms with Gasteiger partial charge in [0.1, 0.15) is 0 Å². The van der Waals surface area contributed by atoms with Crippen molar-refractivity contribution in [3.63, 3.8) is 0 Å². The van der Waals surface area contributed by atoms with Gasteiger partial charge in [-0.25, -0.2) is 21.5 Å². The van der Waals surface area contributed by atoms with Gasteiger partial charge in [0, 0.05) is 24.5 Å². The molecule has 0 amide bonds. The standard InChI is InChI=1S/C28H30N3O5PS2/c1-3-30(4-2)37(29,32)31(23-15-19-27(20-16-23)38(33,34)25-11-7-5-8-12-25)24-17-21-28(22-18-24)39(35,36)26-13-9-6-10-14-26/h5-22H,3-4H2,1-2H3,(H2,29,32). The van der Waals surface area contributed by atoms with E-state index in [4.69, 9.17) is 5.16 Å². The first-order chi connectivity index (χ1) is 18.5. The lowest BCUT2D eigenvalue weighted by Crippen LogP contribution is -2.28. The molecule has 39 heavy (non-hydrogen) atoms. The van der Waals surface area contributed by atoms with Crippen LogP contribution in [0.4, 0.5) is 11.4 Å². The second kappa shape index (κ2) is 11.5.